The zero-order valence-corrected chi connectivity index (χ0v) is 23.8. The van der Waals surface area contributed by atoms with Crippen LogP contribution >= 0.6 is 0 Å². The molecule has 0 radical (unpaired) electrons. The van der Waals surface area contributed by atoms with Crippen LogP contribution in [-0.4, -0.2) is 39.7 Å². The van der Waals surface area contributed by atoms with Crippen LogP contribution in [0.5, 0.6) is 0 Å². The summed E-state index contributed by atoms with van der Waals surface area (Å²) in [6.07, 6.45) is 8.23. The van der Waals surface area contributed by atoms with Crippen molar-refractivity contribution in [3.05, 3.63) is 89.0 Å². The molecule has 40 heavy (non-hydrogen) atoms. The SMILES string of the molecule is CC(C)(C)c1cccc(C2(NCC(O)C(Cc3cc(F)cc(F)c3)NC(=O)CCc3cnc[nH]3)CCCCC2)c1. The molecular formula is C32H42F2N4O2. The zero-order valence-electron chi connectivity index (χ0n) is 23.8. The normalized spacial score (nSPS) is 16.9. The average molecular weight is 553 g/mol. The monoisotopic (exact) mass is 552 g/mol. The Morgan fingerprint density at radius 2 is 1.82 bits per heavy atom. The number of benzene rings is 2. The van der Waals surface area contributed by atoms with Gasteiger partial charge in [0.15, 0.2) is 0 Å². The fourth-order valence-corrected chi connectivity index (χ4v) is 5.66. The molecule has 4 rings (SSSR count). The number of aliphatic hydroxyl groups is 1. The topological polar surface area (TPSA) is 90.0 Å². The van der Waals surface area contributed by atoms with E-state index in [1.54, 1.807) is 12.5 Å². The predicted molar refractivity (Wildman–Crippen MR) is 153 cm³/mol. The first-order valence-corrected chi connectivity index (χ1v) is 14.3. The third kappa shape index (κ3) is 7.98. The number of nitrogens with one attached hydrogen (secondary N) is 3. The molecule has 0 aliphatic heterocycles. The van der Waals surface area contributed by atoms with Crippen LogP contribution < -0.4 is 10.6 Å². The number of imidazole rings is 1. The van der Waals surface area contributed by atoms with Crippen LogP contribution in [0.2, 0.25) is 0 Å². The largest absolute Gasteiger partial charge is 0.390 e. The van der Waals surface area contributed by atoms with Crippen molar-refractivity contribution in [1.82, 2.24) is 20.6 Å². The smallest absolute Gasteiger partial charge is 0.220 e. The third-order valence-electron chi connectivity index (χ3n) is 8.00. The zero-order chi connectivity index (χ0) is 28.8. The van der Waals surface area contributed by atoms with Crippen molar-refractivity contribution in [2.45, 2.75) is 95.2 Å². The highest BCUT2D eigenvalue weighted by molar-refractivity contribution is 5.76. The van der Waals surface area contributed by atoms with Gasteiger partial charge in [-0.3, -0.25) is 4.79 Å². The summed E-state index contributed by atoms with van der Waals surface area (Å²) >= 11 is 0. The number of aryl methyl sites for hydroxylation is 1. The molecule has 0 bridgehead atoms. The van der Waals surface area contributed by atoms with E-state index in [9.17, 15) is 18.7 Å². The second-order valence-corrected chi connectivity index (χ2v) is 12.2. The fourth-order valence-electron chi connectivity index (χ4n) is 5.66. The lowest BCUT2D eigenvalue weighted by molar-refractivity contribution is -0.122. The van der Waals surface area contributed by atoms with Gasteiger partial charge in [0.1, 0.15) is 11.6 Å². The second kappa shape index (κ2) is 13.0. The van der Waals surface area contributed by atoms with Gasteiger partial charge in [-0.1, -0.05) is 64.3 Å². The Labute approximate surface area is 236 Å². The van der Waals surface area contributed by atoms with Crippen LogP contribution in [0.1, 0.15) is 81.7 Å². The molecule has 2 atom stereocenters. The minimum Gasteiger partial charge on any atom is -0.390 e. The first-order chi connectivity index (χ1) is 19.0. The Kier molecular flexibility index (Phi) is 9.74. The van der Waals surface area contributed by atoms with Gasteiger partial charge in [0.25, 0.3) is 0 Å². The molecule has 1 aromatic heterocycles. The van der Waals surface area contributed by atoms with E-state index in [1.165, 1.54) is 29.7 Å². The lowest BCUT2D eigenvalue weighted by Crippen LogP contribution is -2.53. The second-order valence-electron chi connectivity index (χ2n) is 12.2. The quantitative estimate of drug-likeness (QED) is 0.255. The number of hydrogen-bond donors (Lipinski definition) is 4. The van der Waals surface area contributed by atoms with Crippen molar-refractivity contribution in [1.29, 1.82) is 0 Å². The van der Waals surface area contributed by atoms with Gasteiger partial charge in [-0.05, 0) is 59.9 Å². The Morgan fingerprint density at radius 1 is 1.10 bits per heavy atom. The molecule has 8 heteroatoms. The molecule has 1 saturated carbocycles. The molecule has 1 fully saturated rings. The van der Waals surface area contributed by atoms with Gasteiger partial charge >= 0.3 is 0 Å². The Hall–Kier alpha value is -3.10. The minimum atomic E-state index is -0.980. The van der Waals surface area contributed by atoms with E-state index in [0.29, 0.717) is 12.0 Å². The Morgan fingerprint density at radius 3 is 2.48 bits per heavy atom. The number of hydrogen-bond acceptors (Lipinski definition) is 4. The van der Waals surface area contributed by atoms with E-state index in [0.717, 1.165) is 37.4 Å². The van der Waals surface area contributed by atoms with E-state index in [2.05, 4.69) is 65.6 Å². The van der Waals surface area contributed by atoms with E-state index in [-0.39, 0.29) is 36.2 Å². The maximum atomic E-state index is 14.0. The van der Waals surface area contributed by atoms with E-state index < -0.39 is 23.8 Å². The molecule has 2 unspecified atom stereocenters. The lowest BCUT2D eigenvalue weighted by atomic mass is 9.74. The summed E-state index contributed by atoms with van der Waals surface area (Å²) in [4.78, 5) is 19.8. The summed E-state index contributed by atoms with van der Waals surface area (Å²) in [6, 6.07) is 11.3. The van der Waals surface area contributed by atoms with Crippen LogP contribution in [0.25, 0.3) is 0 Å². The highest BCUT2D eigenvalue weighted by Gasteiger charge is 2.35. The van der Waals surface area contributed by atoms with Gasteiger partial charge in [0, 0.05) is 36.5 Å². The number of rotatable bonds is 11. The molecule has 216 valence electrons. The van der Waals surface area contributed by atoms with Crippen LogP contribution in [0.15, 0.2) is 55.0 Å². The third-order valence-corrected chi connectivity index (χ3v) is 8.00. The number of aliphatic hydroxyl groups excluding tert-OH is 1. The number of nitrogens with zero attached hydrogens (tertiary/aromatic N) is 1. The molecule has 1 aliphatic rings. The summed E-state index contributed by atoms with van der Waals surface area (Å²) in [5.41, 5.74) is 3.39. The number of amides is 1. The number of carbonyl (C=O) groups excluding carboxylic acids is 1. The van der Waals surface area contributed by atoms with Crippen molar-refractivity contribution in [2.75, 3.05) is 6.54 Å². The summed E-state index contributed by atoms with van der Waals surface area (Å²) < 4.78 is 27.9. The van der Waals surface area contributed by atoms with Crippen molar-refractivity contribution in [3.8, 4) is 0 Å². The van der Waals surface area contributed by atoms with Crippen LogP contribution in [0, 0.1) is 11.6 Å². The van der Waals surface area contributed by atoms with Gasteiger partial charge in [-0.15, -0.1) is 0 Å². The molecule has 0 saturated heterocycles. The minimum absolute atomic E-state index is 0.0111. The van der Waals surface area contributed by atoms with Gasteiger partial charge < -0.3 is 20.7 Å². The van der Waals surface area contributed by atoms with Gasteiger partial charge in [0.05, 0.1) is 18.5 Å². The molecular weight excluding hydrogens is 510 g/mol. The van der Waals surface area contributed by atoms with Crippen LogP contribution in [-0.2, 0) is 28.6 Å². The van der Waals surface area contributed by atoms with Crippen molar-refractivity contribution in [2.24, 2.45) is 0 Å². The number of carbonyl (C=O) groups is 1. The maximum absolute atomic E-state index is 14.0. The lowest BCUT2D eigenvalue weighted by Gasteiger charge is -2.41. The van der Waals surface area contributed by atoms with Crippen molar-refractivity contribution < 1.29 is 18.7 Å². The predicted octanol–water partition coefficient (Wildman–Crippen LogP) is 5.46. The first-order valence-electron chi connectivity index (χ1n) is 14.3. The van der Waals surface area contributed by atoms with Gasteiger partial charge in [0.2, 0.25) is 5.91 Å². The van der Waals surface area contributed by atoms with E-state index in [4.69, 9.17) is 0 Å². The van der Waals surface area contributed by atoms with Crippen molar-refractivity contribution in [3.63, 3.8) is 0 Å². The average Bonchev–Trinajstić information content (AvgIpc) is 3.44. The van der Waals surface area contributed by atoms with Gasteiger partial charge in [-0.25, -0.2) is 13.8 Å². The molecule has 0 spiro atoms. The molecule has 4 N–H and O–H groups in total. The summed E-state index contributed by atoms with van der Waals surface area (Å²) in [7, 11) is 0. The van der Waals surface area contributed by atoms with Crippen LogP contribution in [0.3, 0.4) is 0 Å². The molecule has 1 heterocycles. The molecule has 3 aromatic rings. The highest BCUT2D eigenvalue weighted by Crippen LogP contribution is 2.38. The summed E-state index contributed by atoms with van der Waals surface area (Å²) in [5.74, 6) is -1.63. The first kappa shape index (κ1) is 29.9. The van der Waals surface area contributed by atoms with E-state index >= 15 is 0 Å². The number of aromatic nitrogens is 2. The maximum Gasteiger partial charge on any atom is 0.220 e. The highest BCUT2D eigenvalue weighted by atomic mass is 19.1. The van der Waals surface area contributed by atoms with Crippen LogP contribution in [0.4, 0.5) is 8.78 Å². The molecule has 1 amide bonds. The fraction of sp³-hybridized carbons (Fsp3) is 0.500. The molecule has 6 nitrogen and oxygen atoms in total. The summed E-state index contributed by atoms with van der Waals surface area (Å²) in [5, 5.41) is 18.0. The Bertz CT molecular complexity index is 1230. The number of halogens is 2. The standard InChI is InChI=1S/C32H42F2N4O2/c1-31(2,3)23-8-7-9-24(17-23)32(12-5-4-6-13-32)37-20-29(39)28(16-22-14-25(33)18-26(34)15-22)38-30(40)11-10-27-19-35-21-36-27/h7-9,14-15,17-19,21,28-29,37,39H,4-6,10-13,16,20H2,1-3H3,(H,35,36)(H,38,40). The number of aromatic amines is 1. The molecule has 2 aromatic carbocycles. The number of H-pyrrole nitrogens is 1. The summed E-state index contributed by atoms with van der Waals surface area (Å²) in [6.45, 7) is 6.83. The van der Waals surface area contributed by atoms with Crippen molar-refractivity contribution >= 4 is 5.91 Å². The molecule has 1 aliphatic carbocycles. The van der Waals surface area contributed by atoms with Gasteiger partial charge in [-0.2, -0.15) is 0 Å². The van der Waals surface area contributed by atoms with E-state index in [1.807, 2.05) is 0 Å². The Balaban J connectivity index is 1.52.